The number of anilines is 1. The van der Waals surface area contributed by atoms with Gasteiger partial charge < -0.3 is 15.0 Å². The second-order valence-corrected chi connectivity index (χ2v) is 6.29. The highest BCUT2D eigenvalue weighted by Crippen LogP contribution is 2.18. The van der Waals surface area contributed by atoms with Crippen molar-refractivity contribution in [1.29, 1.82) is 0 Å². The van der Waals surface area contributed by atoms with Crippen LogP contribution in [0.25, 0.3) is 0 Å². The van der Waals surface area contributed by atoms with Crippen LogP contribution < -0.4 is 5.32 Å². The van der Waals surface area contributed by atoms with Crippen molar-refractivity contribution in [2.24, 2.45) is 5.92 Å². The predicted molar refractivity (Wildman–Crippen MR) is 83.8 cm³/mol. The second-order valence-electron chi connectivity index (χ2n) is 6.29. The molecule has 0 bridgehead atoms. The highest BCUT2D eigenvalue weighted by Gasteiger charge is 2.22. The lowest BCUT2D eigenvalue weighted by atomic mass is 9.99. The van der Waals surface area contributed by atoms with E-state index in [0.717, 1.165) is 51.9 Å². The van der Waals surface area contributed by atoms with Crippen LogP contribution in [0, 0.1) is 5.92 Å². The zero-order valence-electron chi connectivity index (χ0n) is 13.1. The summed E-state index contributed by atoms with van der Waals surface area (Å²) in [6, 6.07) is 3.58. The van der Waals surface area contributed by atoms with E-state index in [2.05, 4.69) is 22.4 Å². The Bertz CT molecular complexity index is 491. The zero-order chi connectivity index (χ0) is 15.4. The molecule has 0 saturated carbocycles. The van der Waals surface area contributed by atoms with Crippen molar-refractivity contribution in [3.05, 3.63) is 17.8 Å². The molecule has 1 amide bonds. The third-order valence-electron chi connectivity index (χ3n) is 4.49. The lowest BCUT2D eigenvalue weighted by Crippen LogP contribution is -2.38. The van der Waals surface area contributed by atoms with Crippen molar-refractivity contribution in [1.82, 2.24) is 15.1 Å². The van der Waals surface area contributed by atoms with Gasteiger partial charge in [-0.1, -0.05) is 6.92 Å². The van der Waals surface area contributed by atoms with Gasteiger partial charge in [-0.2, -0.15) is 0 Å². The van der Waals surface area contributed by atoms with E-state index in [1.165, 1.54) is 0 Å². The Morgan fingerprint density at radius 2 is 2.14 bits per heavy atom. The van der Waals surface area contributed by atoms with E-state index in [1.54, 1.807) is 6.07 Å². The number of carbonyl (C=O) groups is 1. The van der Waals surface area contributed by atoms with Crippen LogP contribution in [-0.2, 0) is 4.74 Å². The number of ether oxygens (including phenoxy) is 1. The van der Waals surface area contributed by atoms with Crippen molar-refractivity contribution in [3.8, 4) is 0 Å². The molecule has 0 aliphatic carbocycles. The molecule has 0 spiro atoms. The van der Waals surface area contributed by atoms with Gasteiger partial charge in [-0.25, -0.2) is 0 Å². The number of piperidine rings is 1. The molecular formula is C16H24N4O2. The lowest BCUT2D eigenvalue weighted by Gasteiger charge is -2.29. The third kappa shape index (κ3) is 3.74. The van der Waals surface area contributed by atoms with Crippen LogP contribution in [0.3, 0.4) is 0 Å². The van der Waals surface area contributed by atoms with E-state index in [-0.39, 0.29) is 12.0 Å². The van der Waals surface area contributed by atoms with Crippen molar-refractivity contribution < 1.29 is 9.53 Å². The highest BCUT2D eigenvalue weighted by atomic mass is 16.5. The number of nitrogens with one attached hydrogen (secondary N) is 1. The molecule has 0 aromatic carbocycles. The van der Waals surface area contributed by atoms with Crippen LogP contribution in [0.4, 0.5) is 5.82 Å². The summed E-state index contributed by atoms with van der Waals surface area (Å²) in [7, 11) is 0. The number of likely N-dealkylation sites (tertiary alicyclic amines) is 1. The number of rotatable bonds is 4. The molecule has 2 aliphatic heterocycles. The summed E-state index contributed by atoms with van der Waals surface area (Å²) in [6.07, 6.45) is 4.61. The monoisotopic (exact) mass is 304 g/mol. The van der Waals surface area contributed by atoms with Crippen molar-refractivity contribution >= 4 is 11.7 Å². The molecule has 2 fully saturated rings. The first-order valence-electron chi connectivity index (χ1n) is 8.21. The lowest BCUT2D eigenvalue weighted by molar-refractivity contribution is 0.0690. The fourth-order valence-electron chi connectivity index (χ4n) is 2.94. The predicted octanol–water partition coefficient (Wildman–Crippen LogP) is 1.94. The molecule has 2 saturated heterocycles. The van der Waals surface area contributed by atoms with Gasteiger partial charge in [-0.05, 0) is 43.7 Å². The highest BCUT2D eigenvalue weighted by molar-refractivity contribution is 5.92. The maximum Gasteiger partial charge on any atom is 0.274 e. The Labute approximate surface area is 131 Å². The molecule has 1 aromatic heterocycles. The summed E-state index contributed by atoms with van der Waals surface area (Å²) < 4.78 is 5.55. The van der Waals surface area contributed by atoms with Crippen LogP contribution in [0.1, 0.15) is 43.1 Å². The molecule has 0 radical (unpaired) electrons. The molecule has 1 atom stereocenters. The Hall–Kier alpha value is -1.69. The van der Waals surface area contributed by atoms with Gasteiger partial charge in [0.25, 0.3) is 5.91 Å². The quantitative estimate of drug-likeness (QED) is 0.921. The van der Waals surface area contributed by atoms with Crippen LogP contribution in [0.2, 0.25) is 0 Å². The zero-order valence-corrected chi connectivity index (χ0v) is 13.1. The van der Waals surface area contributed by atoms with Gasteiger partial charge in [0.15, 0.2) is 5.69 Å². The smallest absolute Gasteiger partial charge is 0.274 e. The Kier molecular flexibility index (Phi) is 4.87. The maximum absolute atomic E-state index is 12.4. The van der Waals surface area contributed by atoms with E-state index in [4.69, 9.17) is 4.74 Å². The van der Waals surface area contributed by atoms with Crippen LogP contribution >= 0.6 is 0 Å². The normalized spacial score (nSPS) is 22.8. The average molecular weight is 304 g/mol. The molecule has 6 heteroatoms. The molecule has 3 heterocycles. The number of nitrogens with zero attached hydrogens (tertiary/aromatic N) is 3. The standard InChI is InChI=1S/C16H24N4O2/c1-12-6-8-20(9-7-12)16(21)14-4-5-15(19-18-14)17-11-13-3-2-10-22-13/h4-5,12-13H,2-3,6-11H2,1H3,(H,17,19). The SMILES string of the molecule is CC1CCN(C(=O)c2ccc(NCC3CCCO3)nn2)CC1. The van der Waals surface area contributed by atoms with Gasteiger partial charge in [0.2, 0.25) is 0 Å². The summed E-state index contributed by atoms with van der Waals surface area (Å²) in [5.74, 6) is 1.39. The first-order chi connectivity index (χ1) is 10.7. The summed E-state index contributed by atoms with van der Waals surface area (Å²) >= 11 is 0. The number of hydrogen-bond donors (Lipinski definition) is 1. The molecule has 6 nitrogen and oxygen atoms in total. The van der Waals surface area contributed by atoms with E-state index >= 15 is 0 Å². The molecule has 2 aliphatic rings. The Balaban J connectivity index is 1.53. The fourth-order valence-corrected chi connectivity index (χ4v) is 2.94. The van der Waals surface area contributed by atoms with Crippen LogP contribution in [0.15, 0.2) is 12.1 Å². The minimum atomic E-state index is -0.00919. The molecular weight excluding hydrogens is 280 g/mol. The van der Waals surface area contributed by atoms with Gasteiger partial charge in [0.05, 0.1) is 6.10 Å². The molecule has 1 unspecified atom stereocenters. The first-order valence-corrected chi connectivity index (χ1v) is 8.21. The van der Waals surface area contributed by atoms with Crippen molar-refractivity contribution in [2.75, 3.05) is 31.6 Å². The summed E-state index contributed by atoms with van der Waals surface area (Å²) in [5.41, 5.74) is 0.428. The number of aromatic nitrogens is 2. The van der Waals surface area contributed by atoms with Gasteiger partial charge >= 0.3 is 0 Å². The van der Waals surface area contributed by atoms with E-state index < -0.39 is 0 Å². The number of hydrogen-bond acceptors (Lipinski definition) is 5. The van der Waals surface area contributed by atoms with Gasteiger partial charge in [0.1, 0.15) is 5.82 Å². The Morgan fingerprint density at radius 3 is 2.77 bits per heavy atom. The average Bonchev–Trinajstić information content (AvgIpc) is 3.07. The molecule has 1 aromatic rings. The summed E-state index contributed by atoms with van der Waals surface area (Å²) in [5, 5.41) is 11.4. The summed E-state index contributed by atoms with van der Waals surface area (Å²) in [6.45, 7) is 5.46. The van der Waals surface area contributed by atoms with Gasteiger partial charge in [-0.3, -0.25) is 4.79 Å². The molecule has 120 valence electrons. The van der Waals surface area contributed by atoms with Gasteiger partial charge in [0, 0.05) is 26.2 Å². The fraction of sp³-hybridized carbons (Fsp3) is 0.688. The topological polar surface area (TPSA) is 67.4 Å². The molecule has 1 N–H and O–H groups in total. The first kappa shape index (κ1) is 15.2. The maximum atomic E-state index is 12.4. The van der Waals surface area contributed by atoms with Crippen LogP contribution in [-0.4, -0.2) is 53.3 Å². The minimum absolute atomic E-state index is 0.00919. The van der Waals surface area contributed by atoms with Crippen LogP contribution in [0.5, 0.6) is 0 Å². The second kappa shape index (κ2) is 7.05. The number of amides is 1. The van der Waals surface area contributed by atoms with Crippen molar-refractivity contribution in [3.63, 3.8) is 0 Å². The summed E-state index contributed by atoms with van der Waals surface area (Å²) in [4.78, 5) is 14.2. The molecule has 22 heavy (non-hydrogen) atoms. The van der Waals surface area contributed by atoms with Crippen molar-refractivity contribution in [2.45, 2.75) is 38.7 Å². The van der Waals surface area contributed by atoms with E-state index in [9.17, 15) is 4.79 Å². The largest absolute Gasteiger partial charge is 0.376 e. The van der Waals surface area contributed by atoms with Gasteiger partial charge in [-0.15, -0.1) is 10.2 Å². The third-order valence-corrected chi connectivity index (χ3v) is 4.49. The number of carbonyl (C=O) groups excluding carboxylic acids is 1. The van der Waals surface area contributed by atoms with E-state index in [0.29, 0.717) is 17.4 Å². The molecule has 3 rings (SSSR count). The van der Waals surface area contributed by atoms with E-state index in [1.807, 2.05) is 11.0 Å². The minimum Gasteiger partial charge on any atom is -0.376 e. The Morgan fingerprint density at radius 1 is 1.32 bits per heavy atom.